The monoisotopic (exact) mass is 279 g/mol. The number of hydrogen-bond acceptors (Lipinski definition) is 3. The Morgan fingerprint density at radius 1 is 1.20 bits per heavy atom. The minimum absolute atomic E-state index is 0.0950. The molecule has 0 aliphatic heterocycles. The molecule has 3 amide bonds. The highest BCUT2D eigenvalue weighted by Crippen LogP contribution is 2.05. The highest BCUT2D eigenvalue weighted by Gasteiger charge is 2.11. The van der Waals surface area contributed by atoms with Gasteiger partial charge in [0.1, 0.15) is 0 Å². The minimum atomic E-state index is -0.588. The third-order valence-electron chi connectivity index (χ3n) is 2.92. The zero-order valence-electron chi connectivity index (χ0n) is 11.7. The molecule has 0 saturated heterocycles. The summed E-state index contributed by atoms with van der Waals surface area (Å²) in [6.45, 7) is 4.32. The van der Waals surface area contributed by atoms with Crippen LogP contribution in [-0.4, -0.2) is 29.7 Å². The maximum Gasteiger partial charge on any atom is 0.312 e. The largest absolute Gasteiger partial charge is 0.391 e. The van der Waals surface area contributed by atoms with Gasteiger partial charge in [0.15, 0.2) is 0 Å². The van der Waals surface area contributed by atoms with Crippen molar-refractivity contribution >= 4 is 11.9 Å². The molecule has 0 bridgehead atoms. The number of benzene rings is 1. The maximum absolute atomic E-state index is 11.8. The molecule has 0 aromatic heterocycles. The Bertz CT molecular complexity index is 457. The summed E-state index contributed by atoms with van der Waals surface area (Å²) in [5.41, 5.74) is 6.33. The summed E-state index contributed by atoms with van der Waals surface area (Å²) < 4.78 is 0. The van der Waals surface area contributed by atoms with Crippen LogP contribution in [0.3, 0.4) is 0 Å². The van der Waals surface area contributed by atoms with Crippen molar-refractivity contribution in [2.24, 2.45) is 11.7 Å². The molecule has 0 spiro atoms. The van der Waals surface area contributed by atoms with Gasteiger partial charge in [-0.3, -0.25) is 4.79 Å². The van der Waals surface area contributed by atoms with Gasteiger partial charge in [-0.25, -0.2) is 4.79 Å². The van der Waals surface area contributed by atoms with Crippen molar-refractivity contribution in [1.82, 2.24) is 10.6 Å². The Labute approximate surface area is 118 Å². The normalized spacial score (nSPS) is 12.0. The topological polar surface area (TPSA) is 104 Å². The molecule has 6 nitrogen and oxygen atoms in total. The summed E-state index contributed by atoms with van der Waals surface area (Å²) in [5.74, 6) is -0.142. The molecule has 5 N–H and O–H groups in total. The van der Waals surface area contributed by atoms with Gasteiger partial charge >= 0.3 is 6.03 Å². The van der Waals surface area contributed by atoms with Crippen molar-refractivity contribution in [1.29, 1.82) is 0 Å². The van der Waals surface area contributed by atoms with Gasteiger partial charge in [-0.05, 0) is 23.6 Å². The van der Waals surface area contributed by atoms with E-state index in [0.29, 0.717) is 12.1 Å². The summed E-state index contributed by atoms with van der Waals surface area (Å²) in [5, 5.41) is 14.8. The van der Waals surface area contributed by atoms with Crippen molar-refractivity contribution in [3.63, 3.8) is 0 Å². The molecule has 0 fully saturated rings. The van der Waals surface area contributed by atoms with Gasteiger partial charge in [-0.2, -0.15) is 0 Å². The number of hydrogen-bond donors (Lipinski definition) is 4. The summed E-state index contributed by atoms with van der Waals surface area (Å²) in [4.78, 5) is 22.4. The first-order chi connectivity index (χ1) is 9.40. The molecule has 0 aliphatic rings. The molecule has 1 rings (SSSR count). The highest BCUT2D eigenvalue weighted by atomic mass is 16.3. The first kappa shape index (κ1) is 16.0. The number of amides is 3. The van der Waals surface area contributed by atoms with E-state index in [1.54, 1.807) is 24.3 Å². The molecule has 0 heterocycles. The van der Waals surface area contributed by atoms with E-state index < -0.39 is 12.1 Å². The van der Waals surface area contributed by atoms with Crippen LogP contribution in [0.15, 0.2) is 24.3 Å². The molecular weight excluding hydrogens is 258 g/mol. The van der Waals surface area contributed by atoms with Gasteiger partial charge in [-0.1, -0.05) is 26.0 Å². The molecule has 0 radical (unpaired) electrons. The fourth-order valence-electron chi connectivity index (χ4n) is 1.50. The minimum Gasteiger partial charge on any atom is -0.391 e. The molecule has 0 aliphatic carbocycles. The lowest BCUT2D eigenvalue weighted by Crippen LogP contribution is -2.34. The zero-order chi connectivity index (χ0) is 15.1. The van der Waals surface area contributed by atoms with Gasteiger partial charge in [0, 0.05) is 18.7 Å². The second-order valence-corrected chi connectivity index (χ2v) is 4.94. The van der Waals surface area contributed by atoms with Gasteiger partial charge in [0.2, 0.25) is 0 Å². The lowest BCUT2D eigenvalue weighted by Gasteiger charge is -2.15. The van der Waals surface area contributed by atoms with Crippen molar-refractivity contribution in [3.05, 3.63) is 35.4 Å². The van der Waals surface area contributed by atoms with Crippen molar-refractivity contribution < 1.29 is 14.7 Å². The number of aliphatic hydroxyl groups excluding tert-OH is 1. The number of rotatable bonds is 6. The van der Waals surface area contributed by atoms with E-state index in [9.17, 15) is 14.7 Å². The van der Waals surface area contributed by atoms with Crippen LogP contribution in [0.4, 0.5) is 4.79 Å². The van der Waals surface area contributed by atoms with Crippen molar-refractivity contribution in [2.75, 3.05) is 6.54 Å². The van der Waals surface area contributed by atoms with Crippen LogP contribution < -0.4 is 16.4 Å². The lowest BCUT2D eigenvalue weighted by molar-refractivity contribution is 0.0871. The molecule has 1 atom stereocenters. The van der Waals surface area contributed by atoms with Gasteiger partial charge < -0.3 is 21.5 Å². The van der Waals surface area contributed by atoms with Crippen LogP contribution >= 0.6 is 0 Å². The summed E-state index contributed by atoms with van der Waals surface area (Å²) in [7, 11) is 0. The molecule has 1 unspecified atom stereocenters. The zero-order valence-corrected chi connectivity index (χ0v) is 11.7. The van der Waals surface area contributed by atoms with Crippen molar-refractivity contribution in [2.45, 2.75) is 26.5 Å². The van der Waals surface area contributed by atoms with Gasteiger partial charge in [0.25, 0.3) is 5.91 Å². The molecule has 6 heteroatoms. The predicted molar refractivity (Wildman–Crippen MR) is 76.0 cm³/mol. The van der Waals surface area contributed by atoms with E-state index in [2.05, 4.69) is 10.6 Å². The van der Waals surface area contributed by atoms with Crippen LogP contribution in [0.1, 0.15) is 29.8 Å². The number of carbonyl (C=O) groups excluding carboxylic acids is 2. The van der Waals surface area contributed by atoms with Crippen molar-refractivity contribution in [3.8, 4) is 0 Å². The molecule has 1 aromatic carbocycles. The van der Waals surface area contributed by atoms with Crippen LogP contribution in [0.5, 0.6) is 0 Å². The van der Waals surface area contributed by atoms with Crippen LogP contribution in [0.2, 0.25) is 0 Å². The first-order valence-corrected chi connectivity index (χ1v) is 6.48. The fourth-order valence-corrected chi connectivity index (χ4v) is 1.50. The summed E-state index contributed by atoms with van der Waals surface area (Å²) >= 11 is 0. The quantitative estimate of drug-likeness (QED) is 0.613. The number of nitrogens with one attached hydrogen (secondary N) is 2. The number of urea groups is 1. The second-order valence-electron chi connectivity index (χ2n) is 4.94. The van der Waals surface area contributed by atoms with E-state index in [4.69, 9.17) is 5.73 Å². The highest BCUT2D eigenvalue weighted by molar-refractivity contribution is 5.94. The van der Waals surface area contributed by atoms with Gasteiger partial charge in [-0.15, -0.1) is 0 Å². The van der Waals surface area contributed by atoms with E-state index in [0.717, 1.165) is 5.56 Å². The molecule has 1 aromatic rings. The van der Waals surface area contributed by atoms with Crippen LogP contribution in [-0.2, 0) is 6.54 Å². The Morgan fingerprint density at radius 2 is 1.80 bits per heavy atom. The molecule has 0 saturated carbocycles. The summed E-state index contributed by atoms with van der Waals surface area (Å²) in [6, 6.07) is 6.21. The molecular formula is C14H21N3O3. The van der Waals surface area contributed by atoms with E-state index in [1.165, 1.54) is 0 Å². The van der Waals surface area contributed by atoms with E-state index in [1.807, 2.05) is 13.8 Å². The lowest BCUT2D eigenvalue weighted by atomic mass is 10.1. The Morgan fingerprint density at radius 3 is 2.30 bits per heavy atom. The Hall–Kier alpha value is -2.08. The summed E-state index contributed by atoms with van der Waals surface area (Å²) in [6.07, 6.45) is -0.557. The fraction of sp³-hybridized carbons (Fsp3) is 0.429. The number of aliphatic hydroxyl groups is 1. The average molecular weight is 279 g/mol. The number of carbonyl (C=O) groups is 2. The van der Waals surface area contributed by atoms with Crippen LogP contribution in [0, 0.1) is 5.92 Å². The Kier molecular flexibility index (Phi) is 5.99. The van der Waals surface area contributed by atoms with E-state index >= 15 is 0 Å². The predicted octanol–water partition coefficient (Wildman–Crippen LogP) is 0.602. The number of primary amides is 1. The average Bonchev–Trinajstić information content (AvgIpc) is 2.42. The number of nitrogens with two attached hydrogens (primary N) is 1. The smallest absolute Gasteiger partial charge is 0.312 e. The Balaban J connectivity index is 2.51. The SMILES string of the molecule is CC(C)C(O)CNC(=O)c1ccc(CNC(N)=O)cc1. The molecule has 110 valence electrons. The maximum atomic E-state index is 11.8. The van der Waals surface area contributed by atoms with Crippen LogP contribution in [0.25, 0.3) is 0 Å². The van der Waals surface area contributed by atoms with E-state index in [-0.39, 0.29) is 18.4 Å². The second kappa shape index (κ2) is 7.49. The third kappa shape index (κ3) is 5.27. The van der Waals surface area contributed by atoms with Gasteiger partial charge in [0.05, 0.1) is 6.10 Å². The first-order valence-electron chi connectivity index (χ1n) is 6.48. The molecule has 20 heavy (non-hydrogen) atoms. The third-order valence-corrected chi connectivity index (χ3v) is 2.92. The standard InChI is InChI=1S/C14H21N3O3/c1-9(2)12(18)8-16-13(19)11-5-3-10(4-6-11)7-17-14(15)20/h3-6,9,12,18H,7-8H2,1-2H3,(H,16,19)(H3,15,17,20).